The van der Waals surface area contributed by atoms with Crippen LogP contribution in [0.5, 0.6) is 5.75 Å². The van der Waals surface area contributed by atoms with Crippen molar-refractivity contribution >= 4 is 33.3 Å². The Kier molecular flexibility index (Phi) is 4.71. The monoisotopic (exact) mass is 388 g/mol. The fourth-order valence-electron chi connectivity index (χ4n) is 2.05. The first-order chi connectivity index (χ1) is 11.7. The Hall–Kier alpha value is -2.94. The summed E-state index contributed by atoms with van der Waals surface area (Å²) in [6.07, 6.45) is 0. The van der Waals surface area contributed by atoms with Crippen LogP contribution in [-0.4, -0.2) is 33.8 Å². The third kappa shape index (κ3) is 3.69. The number of aromatic amines is 1. The molecule has 0 saturated heterocycles. The first-order valence-electron chi connectivity index (χ1n) is 6.91. The summed E-state index contributed by atoms with van der Waals surface area (Å²) in [5.41, 5.74) is 1.85. The number of nitrogens with one attached hydrogen (secondary N) is 3. The number of aromatic nitrogens is 4. The number of anilines is 2. The molecular formula is C15H13BrN6O2. The maximum Gasteiger partial charge on any atom is 0.323 e. The van der Waals surface area contributed by atoms with Crippen LogP contribution in [0.4, 0.5) is 16.2 Å². The molecule has 0 unspecified atom stereocenters. The number of hydrogen-bond acceptors (Lipinski definition) is 5. The van der Waals surface area contributed by atoms with Crippen LogP contribution >= 0.6 is 15.9 Å². The number of tetrazole rings is 1. The largest absolute Gasteiger partial charge is 0.497 e. The van der Waals surface area contributed by atoms with Gasteiger partial charge in [0.05, 0.1) is 12.8 Å². The summed E-state index contributed by atoms with van der Waals surface area (Å²) in [5, 5.41) is 19.4. The normalized spacial score (nSPS) is 10.2. The molecule has 8 nitrogen and oxygen atoms in total. The number of methoxy groups -OCH3 is 1. The molecule has 0 atom stereocenters. The molecule has 0 fully saturated rings. The number of rotatable bonds is 4. The lowest BCUT2D eigenvalue weighted by atomic mass is 10.1. The number of amides is 2. The molecule has 1 aromatic heterocycles. The smallest absolute Gasteiger partial charge is 0.323 e. The topological polar surface area (TPSA) is 105 Å². The minimum atomic E-state index is -0.382. The van der Waals surface area contributed by atoms with Crippen molar-refractivity contribution in [2.24, 2.45) is 0 Å². The number of halogens is 1. The van der Waals surface area contributed by atoms with Gasteiger partial charge in [-0.25, -0.2) is 4.79 Å². The molecule has 2 aromatic carbocycles. The van der Waals surface area contributed by atoms with Gasteiger partial charge in [0.25, 0.3) is 0 Å². The highest BCUT2D eigenvalue weighted by Gasteiger charge is 2.12. The maximum atomic E-state index is 12.2. The van der Waals surface area contributed by atoms with Crippen molar-refractivity contribution in [1.29, 1.82) is 0 Å². The second kappa shape index (κ2) is 7.09. The van der Waals surface area contributed by atoms with Crippen molar-refractivity contribution in [2.75, 3.05) is 17.7 Å². The van der Waals surface area contributed by atoms with Crippen molar-refractivity contribution in [3.8, 4) is 17.1 Å². The van der Waals surface area contributed by atoms with Gasteiger partial charge in [0.1, 0.15) is 5.75 Å². The SMILES string of the molecule is COc1ccc(NC(=O)Nc2ccc(Br)cc2-c2nn[nH]n2)cc1. The van der Waals surface area contributed by atoms with E-state index in [1.165, 1.54) is 0 Å². The number of hydrogen-bond donors (Lipinski definition) is 3. The van der Waals surface area contributed by atoms with Gasteiger partial charge in [-0.2, -0.15) is 5.21 Å². The lowest BCUT2D eigenvalue weighted by Crippen LogP contribution is -2.19. The van der Waals surface area contributed by atoms with Gasteiger partial charge in [0, 0.05) is 15.7 Å². The summed E-state index contributed by atoms with van der Waals surface area (Å²) in [4.78, 5) is 12.2. The zero-order valence-electron chi connectivity index (χ0n) is 12.6. The van der Waals surface area contributed by atoms with E-state index in [0.717, 1.165) is 4.47 Å². The molecule has 2 amide bonds. The van der Waals surface area contributed by atoms with E-state index in [1.807, 2.05) is 6.07 Å². The van der Waals surface area contributed by atoms with Crippen LogP contribution < -0.4 is 15.4 Å². The molecule has 1 heterocycles. The van der Waals surface area contributed by atoms with Crippen LogP contribution in [0.1, 0.15) is 0 Å². The third-order valence-corrected chi connectivity index (χ3v) is 3.66. The fourth-order valence-corrected chi connectivity index (χ4v) is 2.41. The van der Waals surface area contributed by atoms with E-state index in [1.54, 1.807) is 43.5 Å². The van der Waals surface area contributed by atoms with E-state index < -0.39 is 0 Å². The molecule has 3 rings (SSSR count). The molecular weight excluding hydrogens is 376 g/mol. The van der Waals surface area contributed by atoms with Crippen molar-refractivity contribution in [3.63, 3.8) is 0 Å². The second-order valence-electron chi connectivity index (χ2n) is 4.73. The zero-order valence-corrected chi connectivity index (χ0v) is 14.2. The summed E-state index contributed by atoms with van der Waals surface area (Å²) in [6, 6.07) is 12.0. The van der Waals surface area contributed by atoms with Crippen LogP contribution in [-0.2, 0) is 0 Å². The van der Waals surface area contributed by atoms with Gasteiger partial charge in [-0.3, -0.25) is 0 Å². The van der Waals surface area contributed by atoms with E-state index >= 15 is 0 Å². The van der Waals surface area contributed by atoms with Gasteiger partial charge in [-0.1, -0.05) is 15.9 Å². The van der Waals surface area contributed by atoms with Crippen LogP contribution in [0.15, 0.2) is 46.9 Å². The maximum absolute atomic E-state index is 12.2. The third-order valence-electron chi connectivity index (χ3n) is 3.16. The highest BCUT2D eigenvalue weighted by molar-refractivity contribution is 9.10. The lowest BCUT2D eigenvalue weighted by molar-refractivity contribution is 0.262. The lowest BCUT2D eigenvalue weighted by Gasteiger charge is -2.11. The molecule has 9 heteroatoms. The number of nitrogens with zero attached hydrogens (tertiary/aromatic N) is 3. The van der Waals surface area contributed by atoms with Gasteiger partial charge in [-0.05, 0) is 47.7 Å². The van der Waals surface area contributed by atoms with Gasteiger partial charge in [0.15, 0.2) is 0 Å². The highest BCUT2D eigenvalue weighted by Crippen LogP contribution is 2.28. The first-order valence-corrected chi connectivity index (χ1v) is 7.70. The Balaban J connectivity index is 1.76. The van der Waals surface area contributed by atoms with Crippen LogP contribution in [0.25, 0.3) is 11.4 Å². The second-order valence-corrected chi connectivity index (χ2v) is 5.65. The van der Waals surface area contributed by atoms with Crippen molar-refractivity contribution in [3.05, 3.63) is 46.9 Å². The summed E-state index contributed by atoms with van der Waals surface area (Å²) < 4.78 is 5.92. The first kappa shape index (κ1) is 15.9. The van der Waals surface area contributed by atoms with E-state index in [-0.39, 0.29) is 6.03 Å². The predicted octanol–water partition coefficient (Wildman–Crippen LogP) is 3.28. The van der Waals surface area contributed by atoms with Crippen molar-refractivity contribution < 1.29 is 9.53 Å². The molecule has 3 aromatic rings. The molecule has 0 aliphatic rings. The Labute approximate surface area is 145 Å². The number of H-pyrrole nitrogens is 1. The van der Waals surface area contributed by atoms with E-state index in [9.17, 15) is 4.79 Å². The van der Waals surface area contributed by atoms with E-state index in [2.05, 4.69) is 47.2 Å². The standard InChI is InChI=1S/C15H13BrN6O2/c1-24-11-5-3-10(4-6-11)17-15(23)18-13-7-2-9(16)8-12(13)14-19-21-22-20-14/h2-8H,1H3,(H2,17,18,23)(H,19,20,21,22). The van der Waals surface area contributed by atoms with Crippen LogP contribution in [0.3, 0.4) is 0 Å². The summed E-state index contributed by atoms with van der Waals surface area (Å²) >= 11 is 3.39. The molecule has 0 bridgehead atoms. The number of carbonyl (C=O) groups is 1. The molecule has 0 radical (unpaired) electrons. The van der Waals surface area contributed by atoms with E-state index in [4.69, 9.17) is 4.74 Å². The Bertz CT molecular complexity index is 836. The number of ether oxygens (including phenoxy) is 1. The minimum Gasteiger partial charge on any atom is -0.497 e. The molecule has 0 spiro atoms. The highest BCUT2D eigenvalue weighted by atomic mass is 79.9. The number of urea groups is 1. The van der Waals surface area contributed by atoms with Crippen LogP contribution in [0.2, 0.25) is 0 Å². The predicted molar refractivity (Wildman–Crippen MR) is 92.9 cm³/mol. The van der Waals surface area contributed by atoms with Crippen molar-refractivity contribution in [1.82, 2.24) is 20.6 Å². The quantitative estimate of drug-likeness (QED) is 0.635. The summed E-state index contributed by atoms with van der Waals surface area (Å²) in [6.45, 7) is 0. The Morgan fingerprint density at radius 1 is 1.17 bits per heavy atom. The number of carbonyl (C=O) groups excluding carboxylic acids is 1. The molecule has 24 heavy (non-hydrogen) atoms. The zero-order chi connectivity index (χ0) is 16.9. The molecule has 0 aliphatic carbocycles. The average molecular weight is 389 g/mol. The van der Waals surface area contributed by atoms with Gasteiger partial charge in [-0.15, -0.1) is 10.2 Å². The molecule has 3 N–H and O–H groups in total. The van der Waals surface area contributed by atoms with Crippen molar-refractivity contribution in [2.45, 2.75) is 0 Å². The van der Waals surface area contributed by atoms with Gasteiger partial charge < -0.3 is 15.4 Å². The molecule has 0 aliphatic heterocycles. The molecule has 122 valence electrons. The van der Waals surface area contributed by atoms with Gasteiger partial charge in [0.2, 0.25) is 5.82 Å². The van der Waals surface area contributed by atoms with Gasteiger partial charge >= 0.3 is 6.03 Å². The minimum absolute atomic E-state index is 0.382. The Morgan fingerprint density at radius 2 is 1.96 bits per heavy atom. The Morgan fingerprint density at radius 3 is 2.62 bits per heavy atom. The van der Waals surface area contributed by atoms with Crippen LogP contribution in [0, 0.1) is 0 Å². The summed E-state index contributed by atoms with van der Waals surface area (Å²) in [7, 11) is 1.59. The average Bonchev–Trinajstić information content (AvgIpc) is 3.11. The molecule has 0 saturated carbocycles. The fraction of sp³-hybridized carbons (Fsp3) is 0.0667. The summed E-state index contributed by atoms with van der Waals surface area (Å²) in [5.74, 6) is 1.10. The number of benzene rings is 2. The van der Waals surface area contributed by atoms with E-state index in [0.29, 0.717) is 28.5 Å².